The van der Waals surface area contributed by atoms with E-state index in [2.05, 4.69) is 19.2 Å². The molecule has 0 aliphatic carbocycles. The van der Waals surface area contributed by atoms with Gasteiger partial charge in [-0.05, 0) is 31.2 Å². The van der Waals surface area contributed by atoms with Crippen molar-refractivity contribution in [3.05, 3.63) is 58.6 Å². The number of hydrogen-bond acceptors (Lipinski definition) is 8. The van der Waals surface area contributed by atoms with Crippen molar-refractivity contribution in [2.24, 2.45) is 0 Å². The lowest BCUT2D eigenvalue weighted by atomic mass is 10.1. The van der Waals surface area contributed by atoms with Crippen LogP contribution in [0.15, 0.2) is 40.9 Å². The van der Waals surface area contributed by atoms with E-state index in [4.69, 9.17) is 20.9 Å². The number of nitrogens with zero attached hydrogens (tertiary/aromatic N) is 3. The fourth-order valence-electron chi connectivity index (χ4n) is 2.80. The maximum absolute atomic E-state index is 14.3. The van der Waals surface area contributed by atoms with Crippen molar-refractivity contribution in [2.75, 3.05) is 11.9 Å². The van der Waals surface area contributed by atoms with Crippen molar-refractivity contribution in [1.29, 1.82) is 0 Å². The summed E-state index contributed by atoms with van der Waals surface area (Å²) in [4.78, 5) is 24.8. The minimum absolute atomic E-state index is 0.0556. The van der Waals surface area contributed by atoms with Gasteiger partial charge in [-0.15, -0.1) is 0 Å². The Balaban J connectivity index is 1.51. The number of rotatable bonds is 5. The van der Waals surface area contributed by atoms with Crippen molar-refractivity contribution in [3.63, 3.8) is 0 Å². The fraction of sp³-hybridized carbons (Fsp3) is 0.105. The van der Waals surface area contributed by atoms with E-state index in [1.807, 2.05) is 0 Å². The van der Waals surface area contributed by atoms with Gasteiger partial charge in [-0.2, -0.15) is 8.75 Å². The summed E-state index contributed by atoms with van der Waals surface area (Å²) in [6.07, 6.45) is 0. The lowest BCUT2D eigenvalue weighted by molar-refractivity contribution is -0.119. The zero-order valence-electron chi connectivity index (χ0n) is 15.3. The Morgan fingerprint density at radius 2 is 2.03 bits per heavy atom. The minimum atomic E-state index is -0.897. The fourth-order valence-corrected chi connectivity index (χ4v) is 3.61. The first-order valence-corrected chi connectivity index (χ1v) is 9.65. The maximum atomic E-state index is 14.3. The van der Waals surface area contributed by atoms with Crippen LogP contribution in [0, 0.1) is 12.7 Å². The summed E-state index contributed by atoms with van der Waals surface area (Å²) in [5.74, 6) is -2.05. The van der Waals surface area contributed by atoms with Crippen LogP contribution in [0.4, 0.5) is 10.1 Å². The second-order valence-electron chi connectivity index (χ2n) is 6.12. The van der Waals surface area contributed by atoms with Gasteiger partial charge in [-0.1, -0.05) is 28.9 Å². The number of aromatic nitrogens is 3. The number of hydrogen-bond donors (Lipinski definition) is 1. The van der Waals surface area contributed by atoms with Gasteiger partial charge in [0.1, 0.15) is 33.9 Å². The molecule has 2 aromatic heterocycles. The number of carbonyl (C=O) groups is 2. The highest BCUT2D eigenvalue weighted by Gasteiger charge is 2.27. The van der Waals surface area contributed by atoms with Gasteiger partial charge < -0.3 is 14.6 Å². The first kappa shape index (κ1) is 19.9. The molecule has 2 aromatic carbocycles. The van der Waals surface area contributed by atoms with Crippen LogP contribution in [-0.4, -0.2) is 32.4 Å². The molecule has 0 radical (unpaired) electrons. The van der Waals surface area contributed by atoms with Gasteiger partial charge in [0, 0.05) is 0 Å². The Hall–Kier alpha value is -3.37. The van der Waals surface area contributed by atoms with Gasteiger partial charge >= 0.3 is 5.97 Å². The molecule has 11 heteroatoms. The van der Waals surface area contributed by atoms with Crippen molar-refractivity contribution in [2.45, 2.75) is 6.92 Å². The average molecular weight is 447 g/mol. The van der Waals surface area contributed by atoms with E-state index in [9.17, 15) is 14.0 Å². The molecule has 8 nitrogen and oxygen atoms in total. The van der Waals surface area contributed by atoms with Gasteiger partial charge in [-0.3, -0.25) is 4.79 Å². The molecule has 30 heavy (non-hydrogen) atoms. The van der Waals surface area contributed by atoms with E-state index < -0.39 is 24.3 Å². The molecule has 0 bridgehead atoms. The molecule has 0 saturated heterocycles. The summed E-state index contributed by atoms with van der Waals surface area (Å²) in [7, 11) is 0. The first-order chi connectivity index (χ1) is 14.5. The lowest BCUT2D eigenvalue weighted by Crippen LogP contribution is -2.21. The van der Waals surface area contributed by atoms with E-state index in [-0.39, 0.29) is 27.6 Å². The van der Waals surface area contributed by atoms with Gasteiger partial charge in [0.25, 0.3) is 5.91 Å². The highest BCUT2D eigenvalue weighted by Crippen LogP contribution is 2.33. The van der Waals surface area contributed by atoms with E-state index in [0.717, 1.165) is 11.7 Å². The molecule has 2 heterocycles. The molecule has 0 aliphatic rings. The average Bonchev–Trinajstić information content (AvgIpc) is 3.34. The third-order valence-electron chi connectivity index (χ3n) is 4.16. The van der Waals surface area contributed by atoms with Crippen LogP contribution in [0.1, 0.15) is 16.1 Å². The summed E-state index contributed by atoms with van der Waals surface area (Å²) < 4.78 is 32.6. The number of aryl methyl sites for hydroxylation is 1. The van der Waals surface area contributed by atoms with Gasteiger partial charge in [0.05, 0.1) is 28.0 Å². The number of esters is 1. The third kappa shape index (κ3) is 3.74. The summed E-state index contributed by atoms with van der Waals surface area (Å²) in [5, 5.41) is 6.41. The van der Waals surface area contributed by atoms with Crippen LogP contribution in [0.3, 0.4) is 0 Å². The van der Waals surface area contributed by atoms with E-state index in [1.165, 1.54) is 25.1 Å². The lowest BCUT2D eigenvalue weighted by Gasteiger charge is -2.08. The van der Waals surface area contributed by atoms with E-state index in [1.54, 1.807) is 18.2 Å². The van der Waals surface area contributed by atoms with Gasteiger partial charge in [0.15, 0.2) is 6.61 Å². The minimum Gasteiger partial charge on any atom is -0.452 e. The zero-order chi connectivity index (χ0) is 21.3. The largest absolute Gasteiger partial charge is 0.452 e. The molecule has 0 unspecified atom stereocenters. The summed E-state index contributed by atoms with van der Waals surface area (Å²) in [5.41, 5.74) is 1.33. The molecule has 0 saturated carbocycles. The predicted octanol–water partition coefficient (Wildman–Crippen LogP) is 4.24. The number of ether oxygens (including phenoxy) is 1. The number of halogens is 2. The molecule has 0 spiro atoms. The number of fused-ring (bicyclic) bond motifs is 1. The molecular formula is C19H12ClFN4O4S. The topological polar surface area (TPSA) is 107 Å². The van der Waals surface area contributed by atoms with Crippen LogP contribution in [0.5, 0.6) is 0 Å². The summed E-state index contributed by atoms with van der Waals surface area (Å²) in [6.45, 7) is 0.889. The Morgan fingerprint density at radius 3 is 2.83 bits per heavy atom. The van der Waals surface area contributed by atoms with Crippen LogP contribution in [0.2, 0.25) is 5.02 Å². The number of carbonyl (C=O) groups excluding carboxylic acids is 2. The molecule has 1 amide bonds. The zero-order valence-corrected chi connectivity index (χ0v) is 16.9. The number of benzene rings is 2. The Morgan fingerprint density at radius 1 is 1.23 bits per heavy atom. The molecule has 4 aromatic rings. The van der Waals surface area contributed by atoms with Crippen molar-refractivity contribution >= 4 is 51.9 Å². The van der Waals surface area contributed by atoms with Crippen molar-refractivity contribution < 1.29 is 23.2 Å². The summed E-state index contributed by atoms with van der Waals surface area (Å²) in [6, 6.07) is 9.21. The van der Waals surface area contributed by atoms with Crippen LogP contribution in [-0.2, 0) is 9.53 Å². The maximum Gasteiger partial charge on any atom is 0.344 e. The second-order valence-corrected chi connectivity index (χ2v) is 7.06. The van der Waals surface area contributed by atoms with Gasteiger partial charge in [0.2, 0.25) is 0 Å². The standard InChI is InChI=1S/C19H12ClFN4O4S/c1-9-15(18(23-29-9)16-10(20)4-2-5-11(16)21)19(27)28-8-14(26)22-12-6-3-7-13-17(12)25-30-24-13/h2-7H,8H2,1H3,(H,22,26). The number of anilines is 1. The van der Waals surface area contributed by atoms with Crippen molar-refractivity contribution in [1.82, 2.24) is 13.9 Å². The molecule has 152 valence electrons. The van der Waals surface area contributed by atoms with E-state index >= 15 is 0 Å². The summed E-state index contributed by atoms with van der Waals surface area (Å²) >= 11 is 7.08. The van der Waals surface area contributed by atoms with Crippen molar-refractivity contribution in [3.8, 4) is 11.3 Å². The molecule has 4 rings (SSSR count). The molecule has 0 aliphatic heterocycles. The smallest absolute Gasteiger partial charge is 0.344 e. The first-order valence-electron chi connectivity index (χ1n) is 8.54. The Labute approximate surface area is 177 Å². The Kier molecular flexibility index (Phi) is 5.42. The molecular weight excluding hydrogens is 435 g/mol. The number of amides is 1. The van der Waals surface area contributed by atoms with Crippen LogP contribution >= 0.6 is 23.3 Å². The molecule has 0 atom stereocenters. The van der Waals surface area contributed by atoms with E-state index in [0.29, 0.717) is 16.7 Å². The highest BCUT2D eigenvalue weighted by atomic mass is 35.5. The van der Waals surface area contributed by atoms with Gasteiger partial charge in [-0.25, -0.2) is 9.18 Å². The highest BCUT2D eigenvalue weighted by molar-refractivity contribution is 7.00. The number of nitrogens with one attached hydrogen (secondary N) is 1. The quantitative estimate of drug-likeness (QED) is 0.457. The second kappa shape index (κ2) is 8.17. The van der Waals surface area contributed by atoms with Crippen LogP contribution < -0.4 is 5.32 Å². The third-order valence-corrected chi connectivity index (χ3v) is 5.02. The predicted molar refractivity (Wildman–Crippen MR) is 108 cm³/mol. The SMILES string of the molecule is Cc1onc(-c2c(F)cccc2Cl)c1C(=O)OCC(=O)Nc1cccc2nsnc12. The monoisotopic (exact) mass is 446 g/mol. The molecule has 0 fully saturated rings. The molecule has 1 N–H and O–H groups in total. The normalized spacial score (nSPS) is 10.9. The van der Waals surface area contributed by atoms with Crippen LogP contribution in [0.25, 0.3) is 22.3 Å². The Bertz CT molecular complexity index is 1250.